The third kappa shape index (κ3) is 2.71. The molecule has 0 saturated heterocycles. The van der Waals surface area contributed by atoms with Crippen molar-refractivity contribution in [2.24, 2.45) is 0 Å². The molecule has 1 aromatic heterocycles. The van der Waals surface area contributed by atoms with Gasteiger partial charge in [0, 0.05) is 25.8 Å². The first-order chi connectivity index (χ1) is 15.7. The Morgan fingerprint density at radius 1 is 0.750 bits per heavy atom. The first kappa shape index (κ1) is 19.1. The first-order valence-corrected chi connectivity index (χ1v) is 11.7. The molecule has 0 spiro atoms. The van der Waals surface area contributed by atoms with Gasteiger partial charge in [-0.25, -0.2) is 0 Å². The van der Waals surface area contributed by atoms with E-state index in [2.05, 4.69) is 127 Å². The lowest BCUT2D eigenvalue weighted by molar-refractivity contribution is -0.508. The predicted molar refractivity (Wildman–Crippen MR) is 136 cm³/mol. The Kier molecular flexibility index (Phi) is 4.34. The number of benzene rings is 4. The maximum atomic E-state index is 7.13. The summed E-state index contributed by atoms with van der Waals surface area (Å²) in [6.45, 7) is -1.72. The number of fused-ring (bicyclic) bond motifs is 5. The highest BCUT2D eigenvalue weighted by molar-refractivity contribution is 7.21. The Morgan fingerprint density at radius 2 is 1.38 bits per heavy atom. The number of aromatic nitrogens is 1. The van der Waals surface area contributed by atoms with Gasteiger partial charge in [0.1, 0.15) is 0 Å². The number of hydrogen-bond acceptors (Lipinski definition) is 3. The lowest BCUT2D eigenvalue weighted by Gasteiger charge is -2.41. The number of hydrogen-bond donors (Lipinski definition) is 0. The standard InChI is InChI=1S/C27H23BN2OS/c1-29(2)22-17-18-25-23(19-22)27-30(24-15-9-10-16-26(24)32-27)28(31-25,20-11-5-3-6-12-20)21-13-7-4-8-14-21/h3-19H,1-2H3. The molecule has 3 nitrogen and oxygen atoms in total. The number of thiazole rings is 1. The Bertz CT molecular complexity index is 1390. The SMILES string of the molecule is CN(C)c1ccc2c(c1)-c1sc3ccccc3[n+]1[B-](c1ccccc1)(c1ccccc1)O2. The molecular formula is C27H23BN2OS. The molecule has 5 aromatic rings. The lowest BCUT2D eigenvalue weighted by atomic mass is 9.40. The number of rotatable bonds is 3. The zero-order valence-electron chi connectivity index (χ0n) is 18.1. The van der Waals surface area contributed by atoms with Gasteiger partial charge >= 0.3 is 6.48 Å². The minimum absolute atomic E-state index is 0.926. The topological polar surface area (TPSA) is 16.4 Å². The maximum absolute atomic E-state index is 7.13. The molecule has 0 fully saturated rings. The second-order valence-corrected chi connectivity index (χ2v) is 9.53. The van der Waals surface area contributed by atoms with E-state index in [9.17, 15) is 0 Å². The predicted octanol–water partition coefficient (Wildman–Crippen LogP) is 4.42. The number of para-hydroxylation sites is 1. The number of anilines is 1. The second-order valence-electron chi connectivity index (χ2n) is 8.50. The van der Waals surface area contributed by atoms with Gasteiger partial charge in [0.15, 0.2) is 5.52 Å². The minimum atomic E-state index is -1.72. The van der Waals surface area contributed by atoms with E-state index in [1.807, 2.05) is 11.3 Å². The molecule has 6 rings (SSSR count). The van der Waals surface area contributed by atoms with Crippen LogP contribution in [0.3, 0.4) is 0 Å². The molecule has 156 valence electrons. The fraction of sp³-hybridized carbons (Fsp3) is 0.0741. The molecule has 0 atom stereocenters. The molecule has 32 heavy (non-hydrogen) atoms. The van der Waals surface area contributed by atoms with Crippen LogP contribution in [0.25, 0.3) is 20.8 Å². The van der Waals surface area contributed by atoms with Crippen molar-refractivity contribution in [3.63, 3.8) is 0 Å². The molecule has 0 unspecified atom stereocenters. The molecule has 1 aliphatic heterocycles. The summed E-state index contributed by atoms with van der Waals surface area (Å²) in [5.74, 6) is 0.926. The third-order valence-corrected chi connectivity index (χ3v) is 7.60. The summed E-state index contributed by atoms with van der Waals surface area (Å²) in [4.78, 5) is 2.14. The fourth-order valence-corrected chi connectivity index (χ4v) is 6.15. The van der Waals surface area contributed by atoms with E-state index in [-0.39, 0.29) is 0 Å². The fourth-order valence-electron chi connectivity index (χ4n) is 4.91. The van der Waals surface area contributed by atoms with Crippen LogP contribution in [0.2, 0.25) is 0 Å². The van der Waals surface area contributed by atoms with E-state index < -0.39 is 6.48 Å². The second kappa shape index (κ2) is 7.25. The maximum Gasteiger partial charge on any atom is 0.514 e. The highest BCUT2D eigenvalue weighted by Gasteiger charge is 2.51. The van der Waals surface area contributed by atoms with Crippen molar-refractivity contribution in [1.29, 1.82) is 0 Å². The molecule has 0 bridgehead atoms. The summed E-state index contributed by atoms with van der Waals surface area (Å²) in [7, 11) is 4.15. The van der Waals surface area contributed by atoms with Crippen LogP contribution in [-0.2, 0) is 0 Å². The van der Waals surface area contributed by atoms with Crippen molar-refractivity contribution in [2.45, 2.75) is 0 Å². The summed E-state index contributed by atoms with van der Waals surface area (Å²) in [6, 6.07) is 36.4. The summed E-state index contributed by atoms with van der Waals surface area (Å²) >= 11 is 1.83. The highest BCUT2D eigenvalue weighted by atomic mass is 32.1. The summed E-state index contributed by atoms with van der Waals surface area (Å²) in [5, 5.41) is 1.23. The van der Waals surface area contributed by atoms with Crippen LogP contribution in [0.15, 0.2) is 103 Å². The van der Waals surface area contributed by atoms with Crippen molar-refractivity contribution in [1.82, 2.24) is 0 Å². The zero-order chi connectivity index (χ0) is 21.7. The average Bonchev–Trinajstić information content (AvgIpc) is 3.25. The summed E-state index contributed by atoms with van der Waals surface area (Å²) < 4.78 is 10.8. The molecule has 0 amide bonds. The van der Waals surface area contributed by atoms with Gasteiger partial charge < -0.3 is 14.0 Å². The van der Waals surface area contributed by atoms with Crippen molar-refractivity contribution in [3.8, 4) is 16.3 Å². The molecule has 2 heterocycles. The van der Waals surface area contributed by atoms with Crippen LogP contribution in [-0.4, -0.2) is 20.6 Å². The van der Waals surface area contributed by atoms with E-state index in [1.165, 1.54) is 15.2 Å². The van der Waals surface area contributed by atoms with Crippen molar-refractivity contribution in [2.75, 3.05) is 19.0 Å². The van der Waals surface area contributed by atoms with Crippen LogP contribution in [0.4, 0.5) is 5.69 Å². The normalized spacial score (nSPS) is 13.8. The van der Waals surface area contributed by atoms with Gasteiger partial charge in [0.2, 0.25) is 5.01 Å². The highest BCUT2D eigenvalue weighted by Crippen LogP contribution is 2.41. The first-order valence-electron chi connectivity index (χ1n) is 10.9. The zero-order valence-corrected chi connectivity index (χ0v) is 18.9. The smallest absolute Gasteiger partial charge is 0.514 e. The minimum Gasteiger partial charge on any atom is -0.651 e. The molecule has 0 saturated carbocycles. The van der Waals surface area contributed by atoms with Crippen LogP contribution in [0.5, 0.6) is 5.75 Å². The van der Waals surface area contributed by atoms with Crippen LogP contribution in [0, 0.1) is 0 Å². The van der Waals surface area contributed by atoms with Gasteiger partial charge in [-0.15, -0.1) is 0 Å². The van der Waals surface area contributed by atoms with Crippen LogP contribution in [0.1, 0.15) is 0 Å². The van der Waals surface area contributed by atoms with Gasteiger partial charge in [0.05, 0.1) is 16.0 Å². The van der Waals surface area contributed by atoms with Crippen molar-refractivity contribution >= 4 is 44.7 Å². The molecule has 4 aromatic carbocycles. The molecule has 0 aliphatic carbocycles. The largest absolute Gasteiger partial charge is 0.651 e. The number of nitrogens with zero attached hydrogens (tertiary/aromatic N) is 2. The molecular weight excluding hydrogens is 411 g/mol. The summed E-state index contributed by atoms with van der Waals surface area (Å²) in [5.41, 5.74) is 5.82. The van der Waals surface area contributed by atoms with Gasteiger partial charge in [-0.05, 0) is 24.3 Å². The van der Waals surface area contributed by atoms with Crippen LogP contribution < -0.4 is 25.0 Å². The average molecular weight is 434 g/mol. The van der Waals surface area contributed by atoms with Gasteiger partial charge in [-0.3, -0.25) is 0 Å². The lowest BCUT2D eigenvalue weighted by Crippen LogP contribution is -2.83. The Morgan fingerprint density at radius 3 is 2.03 bits per heavy atom. The molecule has 0 N–H and O–H groups in total. The van der Waals surface area contributed by atoms with Crippen LogP contribution >= 0.6 is 11.3 Å². The van der Waals surface area contributed by atoms with Crippen molar-refractivity contribution < 1.29 is 9.13 Å². The van der Waals surface area contributed by atoms with Crippen molar-refractivity contribution in [3.05, 3.63) is 103 Å². The summed E-state index contributed by atoms with van der Waals surface area (Å²) in [6.07, 6.45) is 0. The monoisotopic (exact) mass is 434 g/mol. The van der Waals surface area contributed by atoms with E-state index in [1.54, 1.807) is 0 Å². The Labute approximate surface area is 192 Å². The molecule has 1 aliphatic rings. The van der Waals surface area contributed by atoms with E-state index in [0.717, 1.165) is 27.9 Å². The van der Waals surface area contributed by atoms with Gasteiger partial charge in [-0.2, -0.15) is 0 Å². The Balaban J connectivity index is 1.77. The van der Waals surface area contributed by atoms with E-state index in [0.29, 0.717) is 0 Å². The third-order valence-electron chi connectivity index (χ3n) is 6.42. The molecule has 5 heteroatoms. The van der Waals surface area contributed by atoms with Gasteiger partial charge in [-0.1, -0.05) is 95.1 Å². The molecule has 0 radical (unpaired) electrons. The van der Waals surface area contributed by atoms with Gasteiger partial charge in [0.25, 0.3) is 0 Å². The van der Waals surface area contributed by atoms with E-state index >= 15 is 0 Å². The quantitative estimate of drug-likeness (QED) is 0.391. The van der Waals surface area contributed by atoms with E-state index in [4.69, 9.17) is 4.65 Å². The Hall–Kier alpha value is -3.57.